The summed E-state index contributed by atoms with van der Waals surface area (Å²) in [6, 6.07) is 39.0. The van der Waals surface area contributed by atoms with Gasteiger partial charge in [-0.25, -0.2) is 4.57 Å². The van der Waals surface area contributed by atoms with Crippen molar-refractivity contribution in [3.63, 3.8) is 0 Å². The third kappa shape index (κ3) is 7.85. The smallest absolute Gasteiger partial charge is 0.268 e. The predicted octanol–water partition coefficient (Wildman–Crippen LogP) is 9.29. The lowest BCUT2D eigenvalue weighted by Gasteiger charge is -2.28. The van der Waals surface area contributed by atoms with E-state index in [0.29, 0.717) is 13.2 Å². The summed E-state index contributed by atoms with van der Waals surface area (Å²) < 4.78 is 10.9. The zero-order valence-corrected chi connectivity index (χ0v) is 26.4. The fraction of sp³-hybridized carbons (Fsp3) is 0.375. The number of aromatic nitrogens is 2. The Hall–Kier alpha value is -3.73. The Labute approximate surface area is 264 Å². The first-order valence-corrected chi connectivity index (χ1v) is 16.7. The van der Waals surface area contributed by atoms with Crippen molar-refractivity contribution in [3.8, 4) is 5.69 Å². The van der Waals surface area contributed by atoms with Gasteiger partial charge >= 0.3 is 0 Å². The van der Waals surface area contributed by atoms with E-state index in [9.17, 15) is 5.11 Å². The van der Waals surface area contributed by atoms with Gasteiger partial charge < -0.3 is 9.84 Å². The molecule has 0 fully saturated rings. The normalized spacial score (nSPS) is 11.8. The summed E-state index contributed by atoms with van der Waals surface area (Å²) in [6.07, 6.45) is 13.5. The highest BCUT2D eigenvalue weighted by Crippen LogP contribution is 2.34. The monoisotopic (exact) mass is 589 g/mol. The lowest BCUT2D eigenvalue weighted by atomic mass is 9.83. The topological polar surface area (TPSA) is 38.3 Å². The van der Waals surface area contributed by atoms with Crippen LogP contribution in [0, 0.1) is 0 Å². The molecule has 0 aliphatic rings. The molecule has 0 aliphatic heterocycles. The molecule has 1 aromatic heterocycles. The Kier molecular flexibility index (Phi) is 11.8. The maximum Gasteiger partial charge on any atom is 0.268 e. The van der Waals surface area contributed by atoms with Crippen LogP contribution in [-0.4, -0.2) is 16.3 Å². The van der Waals surface area contributed by atoms with Crippen molar-refractivity contribution in [2.24, 2.45) is 0 Å². The highest BCUT2D eigenvalue weighted by atomic mass is 16.5. The van der Waals surface area contributed by atoms with Crippen LogP contribution in [0.4, 0.5) is 0 Å². The maximum atomic E-state index is 12.6. The van der Waals surface area contributed by atoms with Gasteiger partial charge in [-0.2, -0.15) is 4.57 Å². The first-order valence-electron chi connectivity index (χ1n) is 16.7. The standard InChI is InChI=1S/C40H49N2O2/c1-2-3-4-5-6-7-8-9-10-22-31-44-33-41-37-29-20-21-30-38(37)42(36-27-18-13-19-28-36)39(41)32-40(43,34-23-14-11-15-24-34)35-25-16-12-17-26-35/h11-21,23-30,43H,2-10,22,31-33H2,1H3/q+1. The molecule has 44 heavy (non-hydrogen) atoms. The number of ether oxygens (including phenoxy) is 1. The molecule has 0 saturated carbocycles. The molecule has 0 saturated heterocycles. The van der Waals surface area contributed by atoms with E-state index in [2.05, 4.69) is 64.6 Å². The Morgan fingerprint density at radius 1 is 0.614 bits per heavy atom. The van der Waals surface area contributed by atoms with Crippen LogP contribution in [0.3, 0.4) is 0 Å². The van der Waals surface area contributed by atoms with E-state index in [4.69, 9.17) is 4.74 Å². The van der Waals surface area contributed by atoms with Crippen LogP contribution in [-0.2, 0) is 23.5 Å². The molecule has 4 heteroatoms. The maximum absolute atomic E-state index is 12.6. The van der Waals surface area contributed by atoms with Crippen molar-refractivity contribution >= 4 is 11.0 Å². The fourth-order valence-corrected chi connectivity index (χ4v) is 6.34. The number of unbranched alkanes of at least 4 members (excludes halogenated alkanes) is 9. The van der Waals surface area contributed by atoms with Crippen molar-refractivity contribution in [2.45, 2.75) is 89.9 Å². The molecule has 1 N–H and O–H groups in total. The Balaban J connectivity index is 1.39. The number of fused-ring (bicyclic) bond motifs is 1. The summed E-state index contributed by atoms with van der Waals surface area (Å²) in [6.45, 7) is 3.44. The van der Waals surface area contributed by atoms with Gasteiger partial charge in [0.2, 0.25) is 0 Å². The van der Waals surface area contributed by atoms with Gasteiger partial charge in [0.1, 0.15) is 11.3 Å². The lowest BCUT2D eigenvalue weighted by molar-refractivity contribution is -0.717. The van der Waals surface area contributed by atoms with Gasteiger partial charge in [-0.1, -0.05) is 156 Å². The zero-order valence-electron chi connectivity index (χ0n) is 26.4. The second kappa shape index (κ2) is 16.4. The number of hydrogen-bond donors (Lipinski definition) is 1. The Bertz CT molecular complexity index is 1490. The molecule has 5 aromatic rings. The molecule has 0 unspecified atom stereocenters. The van der Waals surface area contributed by atoms with Crippen LogP contribution >= 0.6 is 0 Å². The SMILES string of the molecule is CCCCCCCCCCCCOC[n+]1c(CC(O)(c2ccccc2)c2ccccc2)n(-c2ccccc2)c2ccccc21. The van der Waals surface area contributed by atoms with Crippen molar-refractivity contribution in [2.75, 3.05) is 6.61 Å². The van der Waals surface area contributed by atoms with Crippen LogP contribution in [0.1, 0.15) is 88.1 Å². The number of nitrogens with zero attached hydrogens (tertiary/aromatic N) is 2. The summed E-state index contributed by atoms with van der Waals surface area (Å²) in [7, 11) is 0. The van der Waals surface area contributed by atoms with Gasteiger partial charge in [-0.3, -0.25) is 0 Å². The van der Waals surface area contributed by atoms with Crippen molar-refractivity contribution < 1.29 is 14.4 Å². The minimum atomic E-state index is -1.23. The largest absolute Gasteiger partial charge is 0.380 e. The highest BCUT2D eigenvalue weighted by Gasteiger charge is 2.39. The predicted molar refractivity (Wildman–Crippen MR) is 181 cm³/mol. The van der Waals surface area contributed by atoms with Gasteiger partial charge in [0.15, 0.2) is 17.8 Å². The van der Waals surface area contributed by atoms with Gasteiger partial charge in [-0.05, 0) is 41.8 Å². The number of benzene rings is 4. The van der Waals surface area contributed by atoms with Gasteiger partial charge in [0, 0.05) is 0 Å². The van der Waals surface area contributed by atoms with Gasteiger partial charge in [0.25, 0.3) is 5.82 Å². The molecule has 0 spiro atoms. The average molecular weight is 590 g/mol. The first kappa shape index (κ1) is 31.7. The summed E-state index contributed by atoms with van der Waals surface area (Å²) in [4.78, 5) is 0. The third-order valence-corrected chi connectivity index (χ3v) is 8.78. The molecule has 0 amide bonds. The third-order valence-electron chi connectivity index (χ3n) is 8.78. The summed E-state index contributed by atoms with van der Waals surface area (Å²) in [5.41, 5.74) is 3.76. The van der Waals surface area contributed by atoms with E-state index in [-0.39, 0.29) is 0 Å². The minimum Gasteiger partial charge on any atom is -0.380 e. The van der Waals surface area contributed by atoms with Crippen LogP contribution in [0.25, 0.3) is 16.7 Å². The number of imidazole rings is 1. The second-order valence-electron chi connectivity index (χ2n) is 12.0. The van der Waals surface area contributed by atoms with Gasteiger partial charge in [-0.15, -0.1) is 0 Å². The van der Waals surface area contributed by atoms with Crippen LogP contribution in [0.5, 0.6) is 0 Å². The van der Waals surface area contributed by atoms with Crippen molar-refractivity contribution in [3.05, 3.63) is 132 Å². The average Bonchev–Trinajstić information content (AvgIpc) is 3.38. The van der Waals surface area contributed by atoms with E-state index < -0.39 is 5.60 Å². The molecule has 0 radical (unpaired) electrons. The molecular formula is C40H49N2O2+. The van der Waals surface area contributed by atoms with E-state index in [1.54, 1.807) is 0 Å². The highest BCUT2D eigenvalue weighted by molar-refractivity contribution is 5.75. The molecule has 4 nitrogen and oxygen atoms in total. The molecule has 4 aromatic carbocycles. The summed E-state index contributed by atoms with van der Waals surface area (Å²) in [5.74, 6) is 0.996. The van der Waals surface area contributed by atoms with E-state index >= 15 is 0 Å². The zero-order chi connectivity index (χ0) is 30.5. The molecule has 230 valence electrons. The Morgan fingerprint density at radius 3 is 1.70 bits per heavy atom. The number of rotatable bonds is 18. The molecule has 0 atom stereocenters. The molecule has 5 rings (SSSR count). The first-order chi connectivity index (χ1) is 21.7. The van der Waals surface area contributed by atoms with E-state index in [1.165, 1.54) is 57.8 Å². The van der Waals surface area contributed by atoms with Crippen molar-refractivity contribution in [1.82, 2.24) is 4.57 Å². The van der Waals surface area contributed by atoms with Gasteiger partial charge in [0.05, 0.1) is 13.0 Å². The molecule has 0 aliphatic carbocycles. The summed E-state index contributed by atoms with van der Waals surface area (Å²) in [5, 5.41) is 12.6. The number of hydrogen-bond acceptors (Lipinski definition) is 2. The number of para-hydroxylation sites is 3. The number of aliphatic hydroxyl groups is 1. The fourth-order valence-electron chi connectivity index (χ4n) is 6.34. The van der Waals surface area contributed by atoms with Crippen molar-refractivity contribution in [1.29, 1.82) is 0 Å². The molecular weight excluding hydrogens is 540 g/mol. The molecule has 0 bridgehead atoms. The molecule has 1 heterocycles. The van der Waals surface area contributed by atoms with E-state index in [1.807, 2.05) is 66.7 Å². The van der Waals surface area contributed by atoms with E-state index in [0.717, 1.165) is 46.7 Å². The van der Waals surface area contributed by atoms with Crippen LogP contribution in [0.2, 0.25) is 0 Å². The minimum absolute atomic E-state index is 0.381. The van der Waals surface area contributed by atoms with Crippen LogP contribution in [0.15, 0.2) is 115 Å². The second-order valence-corrected chi connectivity index (χ2v) is 12.0. The Morgan fingerprint density at radius 2 is 1.11 bits per heavy atom. The summed E-state index contributed by atoms with van der Waals surface area (Å²) >= 11 is 0. The van der Waals surface area contributed by atoms with Crippen LogP contribution < -0.4 is 4.57 Å². The lowest BCUT2D eigenvalue weighted by Crippen LogP contribution is -2.43. The quantitative estimate of drug-likeness (QED) is 0.0817.